The van der Waals surface area contributed by atoms with Crippen LogP contribution in [0, 0.1) is 0 Å². The van der Waals surface area contributed by atoms with Crippen LogP contribution in [0.3, 0.4) is 0 Å². The van der Waals surface area contributed by atoms with Crippen molar-refractivity contribution in [2.24, 2.45) is 0 Å². The molecule has 0 saturated carbocycles. The minimum atomic E-state index is -3.98. The van der Waals surface area contributed by atoms with E-state index in [2.05, 4.69) is 0 Å². The molecule has 1 aliphatic rings. The molecule has 0 aliphatic carbocycles. The van der Waals surface area contributed by atoms with Gasteiger partial charge in [-0.3, -0.25) is 0 Å². The third-order valence-corrected chi connectivity index (χ3v) is 4.05. The first-order chi connectivity index (χ1) is 10.6. The van der Waals surface area contributed by atoms with Crippen LogP contribution in [0.1, 0.15) is 83.5 Å². The fourth-order valence-electron chi connectivity index (χ4n) is 2.74. The molecule has 132 valence electrons. The Morgan fingerprint density at radius 1 is 0.818 bits per heavy atom. The highest BCUT2D eigenvalue weighted by molar-refractivity contribution is 4.55. The SMILES string of the molecule is FC(F)(F)CCCCCCCCCCCCOC1CCCO1. The Morgan fingerprint density at radius 2 is 1.36 bits per heavy atom. The molecule has 0 aromatic heterocycles. The molecule has 0 N–H and O–H groups in total. The Hall–Kier alpha value is -0.290. The number of ether oxygens (including phenoxy) is 2. The molecule has 0 bridgehead atoms. The van der Waals surface area contributed by atoms with Crippen LogP contribution in [0.25, 0.3) is 0 Å². The summed E-state index contributed by atoms with van der Waals surface area (Å²) in [5, 5.41) is 0. The van der Waals surface area contributed by atoms with E-state index in [0.29, 0.717) is 6.42 Å². The summed E-state index contributed by atoms with van der Waals surface area (Å²) in [6, 6.07) is 0. The quantitative estimate of drug-likeness (QED) is 0.387. The molecule has 0 amide bonds. The van der Waals surface area contributed by atoms with Gasteiger partial charge in [0, 0.05) is 26.1 Å². The molecule has 0 aromatic carbocycles. The summed E-state index contributed by atoms with van der Waals surface area (Å²) in [7, 11) is 0. The fourth-order valence-corrected chi connectivity index (χ4v) is 2.74. The molecule has 0 aromatic rings. The van der Waals surface area contributed by atoms with Crippen LogP contribution in [0.4, 0.5) is 13.2 Å². The molecule has 5 heteroatoms. The maximum atomic E-state index is 11.9. The Morgan fingerprint density at radius 3 is 1.86 bits per heavy atom. The molecular formula is C17H31F3O2. The van der Waals surface area contributed by atoms with Crippen LogP contribution in [0.15, 0.2) is 0 Å². The summed E-state index contributed by atoms with van der Waals surface area (Å²) in [4.78, 5) is 0. The number of unbranched alkanes of at least 4 members (excludes halogenated alkanes) is 9. The van der Waals surface area contributed by atoms with E-state index in [0.717, 1.165) is 51.7 Å². The third kappa shape index (κ3) is 12.3. The topological polar surface area (TPSA) is 18.5 Å². The van der Waals surface area contributed by atoms with Crippen LogP contribution in [-0.4, -0.2) is 25.7 Å². The van der Waals surface area contributed by atoms with E-state index in [-0.39, 0.29) is 12.7 Å². The number of hydrogen-bond donors (Lipinski definition) is 0. The molecule has 0 radical (unpaired) electrons. The maximum Gasteiger partial charge on any atom is 0.389 e. The predicted octanol–water partition coefficient (Wildman–Crippen LogP) is 5.99. The second kappa shape index (κ2) is 12.2. The standard InChI is InChI=1S/C17H31F3O2/c18-17(19,20)13-9-7-5-3-1-2-4-6-8-10-14-21-16-12-11-15-22-16/h16H,1-15H2. The Bertz CT molecular complexity index is 251. The van der Waals surface area contributed by atoms with Gasteiger partial charge >= 0.3 is 6.18 Å². The van der Waals surface area contributed by atoms with E-state index in [4.69, 9.17) is 9.47 Å². The van der Waals surface area contributed by atoms with Crippen molar-refractivity contribution in [2.75, 3.05) is 13.2 Å². The predicted molar refractivity (Wildman–Crippen MR) is 81.8 cm³/mol. The van der Waals surface area contributed by atoms with Crippen molar-refractivity contribution in [1.29, 1.82) is 0 Å². The van der Waals surface area contributed by atoms with E-state index in [1.165, 1.54) is 25.7 Å². The molecule has 1 rings (SSSR count). The second-order valence-electron chi connectivity index (χ2n) is 6.21. The summed E-state index contributed by atoms with van der Waals surface area (Å²) >= 11 is 0. The van der Waals surface area contributed by atoms with Gasteiger partial charge in [-0.05, 0) is 19.3 Å². The minimum absolute atomic E-state index is 0.0392. The molecule has 1 aliphatic heterocycles. The Balaban J connectivity index is 1.69. The van der Waals surface area contributed by atoms with Gasteiger partial charge < -0.3 is 9.47 Å². The normalized spacial score (nSPS) is 19.0. The largest absolute Gasteiger partial charge is 0.389 e. The molecule has 22 heavy (non-hydrogen) atoms. The van der Waals surface area contributed by atoms with E-state index in [9.17, 15) is 13.2 Å². The molecule has 0 spiro atoms. The van der Waals surface area contributed by atoms with Gasteiger partial charge in [-0.25, -0.2) is 0 Å². The Labute approximate surface area is 132 Å². The molecule has 1 fully saturated rings. The summed E-state index contributed by atoms with van der Waals surface area (Å²) in [5.74, 6) is 0. The number of alkyl halides is 3. The van der Waals surface area contributed by atoms with Crippen LogP contribution in [0.2, 0.25) is 0 Å². The van der Waals surface area contributed by atoms with Gasteiger partial charge in [0.2, 0.25) is 0 Å². The second-order valence-corrected chi connectivity index (χ2v) is 6.21. The maximum absolute atomic E-state index is 11.9. The van der Waals surface area contributed by atoms with Crippen molar-refractivity contribution < 1.29 is 22.6 Å². The first-order valence-electron chi connectivity index (χ1n) is 8.88. The van der Waals surface area contributed by atoms with E-state index in [1.54, 1.807) is 0 Å². The number of hydrogen-bond acceptors (Lipinski definition) is 2. The summed E-state index contributed by atoms with van der Waals surface area (Å²) in [5.41, 5.74) is 0. The average molecular weight is 324 g/mol. The van der Waals surface area contributed by atoms with Gasteiger partial charge in [0.15, 0.2) is 6.29 Å². The van der Waals surface area contributed by atoms with Crippen LogP contribution in [0.5, 0.6) is 0 Å². The zero-order chi connectivity index (χ0) is 16.1. The number of rotatable bonds is 13. The lowest BCUT2D eigenvalue weighted by molar-refractivity contribution is -0.135. The van der Waals surface area contributed by atoms with Crippen LogP contribution >= 0.6 is 0 Å². The highest BCUT2D eigenvalue weighted by atomic mass is 19.4. The van der Waals surface area contributed by atoms with E-state index < -0.39 is 12.6 Å². The fraction of sp³-hybridized carbons (Fsp3) is 1.00. The molecular weight excluding hydrogens is 293 g/mol. The summed E-state index contributed by atoms with van der Waals surface area (Å²) in [6.45, 7) is 1.63. The van der Waals surface area contributed by atoms with Gasteiger partial charge in [-0.2, -0.15) is 13.2 Å². The highest BCUT2D eigenvalue weighted by Crippen LogP contribution is 2.23. The molecule has 1 unspecified atom stereocenters. The van der Waals surface area contributed by atoms with E-state index >= 15 is 0 Å². The van der Waals surface area contributed by atoms with Crippen LogP contribution < -0.4 is 0 Å². The van der Waals surface area contributed by atoms with Crippen molar-refractivity contribution in [3.63, 3.8) is 0 Å². The first-order valence-corrected chi connectivity index (χ1v) is 8.88. The monoisotopic (exact) mass is 324 g/mol. The number of halogens is 3. The zero-order valence-electron chi connectivity index (χ0n) is 13.6. The van der Waals surface area contributed by atoms with Crippen molar-refractivity contribution in [3.05, 3.63) is 0 Å². The van der Waals surface area contributed by atoms with Crippen molar-refractivity contribution in [3.8, 4) is 0 Å². The smallest absolute Gasteiger partial charge is 0.353 e. The lowest BCUT2D eigenvalue weighted by Gasteiger charge is -2.10. The minimum Gasteiger partial charge on any atom is -0.353 e. The highest BCUT2D eigenvalue weighted by Gasteiger charge is 2.25. The molecule has 1 heterocycles. The van der Waals surface area contributed by atoms with Crippen molar-refractivity contribution in [2.45, 2.75) is 95.9 Å². The lowest BCUT2D eigenvalue weighted by Crippen LogP contribution is -2.11. The Kier molecular flexibility index (Phi) is 10.9. The van der Waals surface area contributed by atoms with Gasteiger partial charge in [0.25, 0.3) is 0 Å². The average Bonchev–Trinajstić information content (AvgIpc) is 2.96. The lowest BCUT2D eigenvalue weighted by atomic mass is 10.1. The molecule has 2 nitrogen and oxygen atoms in total. The molecule has 1 saturated heterocycles. The van der Waals surface area contributed by atoms with Gasteiger partial charge in [-0.15, -0.1) is 0 Å². The van der Waals surface area contributed by atoms with Gasteiger partial charge in [0.1, 0.15) is 0 Å². The third-order valence-electron chi connectivity index (χ3n) is 4.05. The van der Waals surface area contributed by atoms with Crippen molar-refractivity contribution >= 4 is 0 Å². The van der Waals surface area contributed by atoms with E-state index in [1.807, 2.05) is 0 Å². The molecule has 1 atom stereocenters. The van der Waals surface area contributed by atoms with Gasteiger partial charge in [0.05, 0.1) is 0 Å². The zero-order valence-corrected chi connectivity index (χ0v) is 13.6. The first kappa shape index (κ1) is 19.8. The van der Waals surface area contributed by atoms with Gasteiger partial charge in [-0.1, -0.05) is 51.4 Å². The van der Waals surface area contributed by atoms with Crippen molar-refractivity contribution in [1.82, 2.24) is 0 Å². The van der Waals surface area contributed by atoms with Crippen LogP contribution in [-0.2, 0) is 9.47 Å². The summed E-state index contributed by atoms with van der Waals surface area (Å²) < 4.78 is 46.8. The summed E-state index contributed by atoms with van der Waals surface area (Å²) in [6.07, 6.45) is 7.67.